The summed E-state index contributed by atoms with van der Waals surface area (Å²) < 4.78 is 1.72. The second kappa shape index (κ2) is 6.93. The van der Waals surface area contributed by atoms with Crippen LogP contribution in [-0.4, -0.2) is 50.8 Å². The molecule has 1 aliphatic rings. The largest absolute Gasteiger partial charge is 0.480 e. The van der Waals surface area contributed by atoms with Gasteiger partial charge in [-0.05, 0) is 30.8 Å². The number of carboxylic acid groups (broad SMARTS) is 1. The molecule has 0 aromatic carbocycles. The molecular formula is C15H18N4O3S. The van der Waals surface area contributed by atoms with E-state index in [0.717, 1.165) is 11.3 Å². The Morgan fingerprint density at radius 3 is 3.04 bits per heavy atom. The number of thiophene rings is 1. The van der Waals surface area contributed by atoms with E-state index >= 15 is 0 Å². The summed E-state index contributed by atoms with van der Waals surface area (Å²) >= 11 is 1.63. The molecule has 1 aliphatic heterocycles. The van der Waals surface area contributed by atoms with Crippen LogP contribution in [0.5, 0.6) is 0 Å². The molecule has 1 amide bonds. The fourth-order valence-corrected chi connectivity index (χ4v) is 3.46. The van der Waals surface area contributed by atoms with Crippen molar-refractivity contribution in [3.05, 3.63) is 34.7 Å². The lowest BCUT2D eigenvalue weighted by Crippen LogP contribution is -2.41. The maximum Gasteiger partial charge on any atom is 0.320 e. The number of carbonyl (C=O) groups is 2. The number of carboxylic acids is 1. The molecular weight excluding hydrogens is 316 g/mol. The number of nitrogens with one attached hydrogen (secondary N) is 1. The summed E-state index contributed by atoms with van der Waals surface area (Å²) in [5, 5.41) is 18.2. The van der Waals surface area contributed by atoms with Crippen molar-refractivity contribution in [2.24, 2.45) is 0 Å². The van der Waals surface area contributed by atoms with E-state index in [4.69, 9.17) is 5.11 Å². The van der Waals surface area contributed by atoms with E-state index in [1.807, 2.05) is 17.5 Å². The highest BCUT2D eigenvalue weighted by atomic mass is 32.1. The smallest absolute Gasteiger partial charge is 0.320 e. The van der Waals surface area contributed by atoms with Crippen molar-refractivity contribution in [1.29, 1.82) is 0 Å². The van der Waals surface area contributed by atoms with Crippen LogP contribution in [0.3, 0.4) is 0 Å². The first kappa shape index (κ1) is 15.7. The van der Waals surface area contributed by atoms with E-state index in [-0.39, 0.29) is 12.5 Å². The molecule has 2 aromatic rings. The highest BCUT2D eigenvalue weighted by molar-refractivity contribution is 7.09. The van der Waals surface area contributed by atoms with Gasteiger partial charge in [-0.1, -0.05) is 6.07 Å². The summed E-state index contributed by atoms with van der Waals surface area (Å²) in [6.07, 6.45) is 3.04. The molecule has 0 bridgehead atoms. The standard InChI is InChI=1S/C15H18N4O3S/c20-14(10-18-7-1-4-12(18)15(21)22)17-13-5-6-16-19(13)9-11-3-2-8-23-11/h2-3,5-6,8,12H,1,4,7,9-10H2,(H,17,20)(H,21,22). The van der Waals surface area contributed by atoms with Crippen LogP contribution in [0.1, 0.15) is 17.7 Å². The normalized spacial score (nSPS) is 18.2. The van der Waals surface area contributed by atoms with Crippen LogP contribution >= 0.6 is 11.3 Å². The molecule has 0 aliphatic carbocycles. The van der Waals surface area contributed by atoms with Gasteiger partial charge < -0.3 is 10.4 Å². The van der Waals surface area contributed by atoms with Gasteiger partial charge in [0, 0.05) is 10.9 Å². The first-order valence-electron chi connectivity index (χ1n) is 7.44. The van der Waals surface area contributed by atoms with Gasteiger partial charge in [-0.2, -0.15) is 5.10 Å². The highest BCUT2D eigenvalue weighted by Gasteiger charge is 2.31. The molecule has 1 fully saturated rings. The van der Waals surface area contributed by atoms with Crippen molar-refractivity contribution >= 4 is 29.0 Å². The highest BCUT2D eigenvalue weighted by Crippen LogP contribution is 2.18. The molecule has 0 saturated carbocycles. The third-order valence-electron chi connectivity index (χ3n) is 3.87. The average Bonchev–Trinajstić information content (AvgIpc) is 3.22. The number of anilines is 1. The second-order valence-electron chi connectivity index (χ2n) is 5.47. The van der Waals surface area contributed by atoms with E-state index in [9.17, 15) is 9.59 Å². The number of nitrogens with zero attached hydrogens (tertiary/aromatic N) is 3. The maximum absolute atomic E-state index is 12.2. The van der Waals surface area contributed by atoms with Crippen molar-refractivity contribution in [2.75, 3.05) is 18.4 Å². The van der Waals surface area contributed by atoms with Crippen LogP contribution in [0.2, 0.25) is 0 Å². The van der Waals surface area contributed by atoms with Gasteiger partial charge in [0.05, 0.1) is 19.3 Å². The van der Waals surface area contributed by atoms with Gasteiger partial charge in [0.1, 0.15) is 11.9 Å². The number of carbonyl (C=O) groups excluding carboxylic acids is 1. The minimum atomic E-state index is -0.863. The Morgan fingerprint density at radius 2 is 2.30 bits per heavy atom. The fourth-order valence-electron chi connectivity index (χ4n) is 2.78. The van der Waals surface area contributed by atoms with Gasteiger partial charge in [0.2, 0.25) is 5.91 Å². The van der Waals surface area contributed by atoms with Gasteiger partial charge in [-0.3, -0.25) is 14.5 Å². The van der Waals surface area contributed by atoms with Gasteiger partial charge in [-0.25, -0.2) is 4.68 Å². The van der Waals surface area contributed by atoms with E-state index < -0.39 is 12.0 Å². The Kier molecular flexibility index (Phi) is 4.73. The van der Waals surface area contributed by atoms with Crippen LogP contribution in [0, 0.1) is 0 Å². The van der Waals surface area contributed by atoms with Gasteiger partial charge >= 0.3 is 5.97 Å². The maximum atomic E-state index is 12.2. The van der Waals surface area contributed by atoms with E-state index in [1.165, 1.54) is 0 Å². The number of likely N-dealkylation sites (tertiary alicyclic amines) is 1. The van der Waals surface area contributed by atoms with Gasteiger partial charge in [-0.15, -0.1) is 11.3 Å². The molecule has 1 saturated heterocycles. The molecule has 3 rings (SSSR count). The summed E-state index contributed by atoms with van der Waals surface area (Å²) in [5.74, 6) is -0.460. The van der Waals surface area contributed by atoms with Crippen LogP contribution in [0.4, 0.5) is 5.82 Å². The summed E-state index contributed by atoms with van der Waals surface area (Å²) in [4.78, 5) is 26.2. The molecule has 2 N–H and O–H groups in total. The Bertz CT molecular complexity index is 683. The zero-order valence-corrected chi connectivity index (χ0v) is 13.3. The zero-order valence-electron chi connectivity index (χ0n) is 12.5. The molecule has 3 heterocycles. The lowest BCUT2D eigenvalue weighted by molar-refractivity contribution is -0.142. The predicted molar refractivity (Wildman–Crippen MR) is 86.5 cm³/mol. The van der Waals surface area contributed by atoms with E-state index in [1.54, 1.807) is 33.2 Å². The Labute approximate surface area is 137 Å². The summed E-state index contributed by atoms with van der Waals surface area (Å²) in [5.41, 5.74) is 0. The number of rotatable bonds is 6. The average molecular weight is 334 g/mol. The molecule has 23 heavy (non-hydrogen) atoms. The molecule has 0 radical (unpaired) electrons. The van der Waals surface area contributed by atoms with Crippen LogP contribution in [0.15, 0.2) is 29.8 Å². The molecule has 2 aromatic heterocycles. The Morgan fingerprint density at radius 1 is 1.43 bits per heavy atom. The number of hydrogen-bond acceptors (Lipinski definition) is 5. The first-order valence-corrected chi connectivity index (χ1v) is 8.32. The molecule has 122 valence electrons. The second-order valence-corrected chi connectivity index (χ2v) is 6.50. The minimum absolute atomic E-state index is 0.0845. The third kappa shape index (κ3) is 3.77. The van der Waals surface area contributed by atoms with Crippen molar-refractivity contribution in [1.82, 2.24) is 14.7 Å². The molecule has 8 heteroatoms. The minimum Gasteiger partial charge on any atom is -0.480 e. The van der Waals surface area contributed by atoms with Crippen LogP contribution in [-0.2, 0) is 16.1 Å². The quantitative estimate of drug-likeness (QED) is 0.835. The van der Waals surface area contributed by atoms with Gasteiger partial charge in [0.15, 0.2) is 0 Å². The molecule has 1 unspecified atom stereocenters. The molecule has 7 nitrogen and oxygen atoms in total. The van der Waals surface area contributed by atoms with E-state index in [2.05, 4.69) is 10.4 Å². The zero-order chi connectivity index (χ0) is 16.2. The number of hydrogen-bond donors (Lipinski definition) is 2. The Hall–Kier alpha value is -2.19. The predicted octanol–water partition coefficient (Wildman–Crippen LogP) is 1.48. The third-order valence-corrected chi connectivity index (χ3v) is 4.73. The number of amides is 1. The van der Waals surface area contributed by atoms with Gasteiger partial charge in [0.25, 0.3) is 0 Å². The van der Waals surface area contributed by atoms with Crippen LogP contribution < -0.4 is 5.32 Å². The van der Waals surface area contributed by atoms with E-state index in [0.29, 0.717) is 25.3 Å². The summed E-state index contributed by atoms with van der Waals surface area (Å²) in [6, 6.07) is 5.17. The summed E-state index contributed by atoms with van der Waals surface area (Å²) in [6.45, 7) is 1.32. The van der Waals surface area contributed by atoms with Crippen molar-refractivity contribution in [3.8, 4) is 0 Å². The van der Waals surface area contributed by atoms with Crippen molar-refractivity contribution < 1.29 is 14.7 Å². The van der Waals surface area contributed by atoms with Crippen molar-refractivity contribution in [3.63, 3.8) is 0 Å². The molecule has 0 spiro atoms. The van der Waals surface area contributed by atoms with Crippen LogP contribution in [0.25, 0.3) is 0 Å². The monoisotopic (exact) mass is 334 g/mol. The fraction of sp³-hybridized carbons (Fsp3) is 0.400. The first-order chi connectivity index (χ1) is 11.1. The molecule has 1 atom stereocenters. The SMILES string of the molecule is O=C(CN1CCCC1C(=O)O)Nc1ccnn1Cc1cccs1. The Balaban J connectivity index is 1.60. The van der Waals surface area contributed by atoms with Crippen molar-refractivity contribution in [2.45, 2.75) is 25.4 Å². The summed E-state index contributed by atoms with van der Waals surface area (Å²) in [7, 11) is 0. The number of aromatic nitrogens is 2. The lowest BCUT2D eigenvalue weighted by Gasteiger charge is -2.20. The lowest BCUT2D eigenvalue weighted by atomic mass is 10.2. The topological polar surface area (TPSA) is 87.5 Å². The number of aliphatic carboxylic acids is 1.